The van der Waals surface area contributed by atoms with E-state index in [4.69, 9.17) is 4.74 Å². The minimum atomic E-state index is -3.74. The molecule has 33 heavy (non-hydrogen) atoms. The molecule has 0 saturated carbocycles. The van der Waals surface area contributed by atoms with Gasteiger partial charge in [-0.25, -0.2) is 8.42 Å². The summed E-state index contributed by atoms with van der Waals surface area (Å²) in [7, 11) is -3.74. The summed E-state index contributed by atoms with van der Waals surface area (Å²) < 4.78 is 32.7. The van der Waals surface area contributed by atoms with Crippen LogP contribution in [0.2, 0.25) is 0 Å². The van der Waals surface area contributed by atoms with Gasteiger partial charge in [0.2, 0.25) is 15.9 Å². The third kappa shape index (κ3) is 4.42. The Balaban J connectivity index is 1.63. The fraction of sp³-hybridized carbons (Fsp3) is 0.250. The molecular formula is C24H25N3O5S. The maximum absolute atomic E-state index is 13.0. The van der Waals surface area contributed by atoms with Gasteiger partial charge in [-0.3, -0.25) is 14.5 Å². The predicted molar refractivity (Wildman–Crippen MR) is 127 cm³/mol. The number of nitrogens with one attached hydrogen (secondary N) is 1. The fourth-order valence-electron chi connectivity index (χ4n) is 3.90. The maximum atomic E-state index is 13.0. The second-order valence-corrected chi connectivity index (χ2v) is 9.50. The van der Waals surface area contributed by atoms with E-state index in [0.717, 1.165) is 10.8 Å². The van der Waals surface area contributed by atoms with E-state index in [0.29, 0.717) is 24.5 Å². The Bertz CT molecular complexity index is 1310. The lowest BCUT2D eigenvalue weighted by Gasteiger charge is -2.29. The van der Waals surface area contributed by atoms with Crippen LogP contribution >= 0.6 is 0 Å². The monoisotopic (exact) mass is 467 g/mol. The van der Waals surface area contributed by atoms with Crippen LogP contribution in [0.5, 0.6) is 5.75 Å². The number of benzene rings is 3. The average molecular weight is 468 g/mol. The van der Waals surface area contributed by atoms with Crippen molar-refractivity contribution in [2.24, 2.45) is 0 Å². The zero-order valence-electron chi connectivity index (χ0n) is 18.4. The van der Waals surface area contributed by atoms with Crippen LogP contribution in [0, 0.1) is 0 Å². The number of carbonyl (C=O) groups excluding carboxylic acids is 2. The molecule has 0 unspecified atom stereocenters. The summed E-state index contributed by atoms with van der Waals surface area (Å²) in [6.45, 7) is 3.67. The molecule has 1 N–H and O–H groups in total. The first-order valence-corrected chi connectivity index (χ1v) is 12.1. The van der Waals surface area contributed by atoms with E-state index in [-0.39, 0.29) is 23.7 Å². The van der Waals surface area contributed by atoms with Crippen molar-refractivity contribution in [2.45, 2.75) is 18.7 Å². The highest BCUT2D eigenvalue weighted by Gasteiger charge is 2.30. The number of fused-ring (bicyclic) bond motifs is 2. The first kappa shape index (κ1) is 22.8. The molecule has 4 rings (SSSR count). The molecular weight excluding hydrogens is 442 g/mol. The lowest BCUT2D eigenvalue weighted by atomic mass is 10.1. The Labute approximate surface area is 192 Å². The van der Waals surface area contributed by atoms with E-state index in [9.17, 15) is 18.0 Å². The molecule has 0 spiro atoms. The number of hydrogen-bond acceptors (Lipinski definition) is 5. The smallest absolute Gasteiger partial charge is 0.265 e. The lowest BCUT2D eigenvalue weighted by molar-refractivity contribution is -0.123. The summed E-state index contributed by atoms with van der Waals surface area (Å²) >= 11 is 0. The second kappa shape index (κ2) is 9.21. The molecule has 8 nitrogen and oxygen atoms in total. The van der Waals surface area contributed by atoms with E-state index in [1.807, 2.05) is 36.4 Å². The van der Waals surface area contributed by atoms with Gasteiger partial charge in [-0.2, -0.15) is 4.31 Å². The van der Waals surface area contributed by atoms with Crippen LogP contribution in [0.25, 0.3) is 10.8 Å². The highest BCUT2D eigenvalue weighted by Crippen LogP contribution is 2.35. The van der Waals surface area contributed by atoms with Gasteiger partial charge >= 0.3 is 0 Å². The quantitative estimate of drug-likeness (QED) is 0.576. The number of nitrogens with zero attached hydrogens (tertiary/aromatic N) is 2. The van der Waals surface area contributed by atoms with Crippen LogP contribution in [0.1, 0.15) is 13.8 Å². The van der Waals surface area contributed by atoms with E-state index in [1.54, 1.807) is 19.9 Å². The molecule has 0 atom stereocenters. The molecule has 0 fully saturated rings. The SMILES string of the molecule is CCN(CC)S(=O)(=O)c1ccc2c(c1)N(CC(=O)Nc1cccc3ccccc13)C(=O)CO2. The minimum Gasteiger partial charge on any atom is -0.482 e. The summed E-state index contributed by atoms with van der Waals surface area (Å²) in [6, 6.07) is 17.6. The molecule has 2 amide bonds. The Morgan fingerprint density at radius 1 is 1.06 bits per heavy atom. The second-order valence-electron chi connectivity index (χ2n) is 7.56. The Hall–Kier alpha value is -3.43. The topological polar surface area (TPSA) is 96.0 Å². The number of carbonyl (C=O) groups is 2. The van der Waals surface area contributed by atoms with Crippen molar-refractivity contribution < 1.29 is 22.7 Å². The number of hydrogen-bond donors (Lipinski definition) is 1. The third-order valence-corrected chi connectivity index (χ3v) is 7.63. The lowest BCUT2D eigenvalue weighted by Crippen LogP contribution is -2.43. The highest BCUT2D eigenvalue weighted by molar-refractivity contribution is 7.89. The first-order chi connectivity index (χ1) is 15.8. The molecule has 1 aliphatic heterocycles. The van der Waals surface area contributed by atoms with E-state index in [1.165, 1.54) is 27.4 Å². The zero-order chi connectivity index (χ0) is 23.6. The largest absolute Gasteiger partial charge is 0.482 e. The van der Waals surface area contributed by atoms with Gasteiger partial charge in [0, 0.05) is 24.2 Å². The molecule has 1 heterocycles. The van der Waals surface area contributed by atoms with E-state index < -0.39 is 21.8 Å². The molecule has 9 heteroatoms. The van der Waals surface area contributed by atoms with Crippen LogP contribution in [0.4, 0.5) is 11.4 Å². The molecule has 3 aromatic carbocycles. The molecule has 3 aromatic rings. The maximum Gasteiger partial charge on any atom is 0.265 e. The Morgan fingerprint density at radius 2 is 1.79 bits per heavy atom. The Morgan fingerprint density at radius 3 is 2.55 bits per heavy atom. The van der Waals surface area contributed by atoms with Crippen LogP contribution in [0.15, 0.2) is 65.6 Å². The van der Waals surface area contributed by atoms with Crippen LogP contribution in [-0.2, 0) is 19.6 Å². The zero-order valence-corrected chi connectivity index (χ0v) is 19.3. The number of ether oxygens (including phenoxy) is 1. The van der Waals surface area contributed by atoms with Crippen LogP contribution < -0.4 is 15.0 Å². The van der Waals surface area contributed by atoms with Crippen molar-refractivity contribution in [1.29, 1.82) is 0 Å². The van der Waals surface area contributed by atoms with E-state index in [2.05, 4.69) is 5.32 Å². The highest BCUT2D eigenvalue weighted by atomic mass is 32.2. The van der Waals surface area contributed by atoms with Crippen molar-refractivity contribution in [3.05, 3.63) is 60.7 Å². The van der Waals surface area contributed by atoms with Crippen LogP contribution in [-0.4, -0.2) is 50.8 Å². The number of amides is 2. The first-order valence-electron chi connectivity index (χ1n) is 10.7. The van der Waals surface area contributed by atoms with Crippen LogP contribution in [0.3, 0.4) is 0 Å². The molecule has 0 bridgehead atoms. The molecule has 0 aliphatic carbocycles. The van der Waals surface area contributed by atoms with Crippen molar-refractivity contribution in [2.75, 3.05) is 36.5 Å². The third-order valence-electron chi connectivity index (χ3n) is 5.58. The van der Waals surface area contributed by atoms with Crippen molar-refractivity contribution in [3.8, 4) is 5.75 Å². The molecule has 172 valence electrons. The molecule has 1 aliphatic rings. The summed E-state index contributed by atoms with van der Waals surface area (Å²) in [5, 5.41) is 4.73. The summed E-state index contributed by atoms with van der Waals surface area (Å²) in [4.78, 5) is 26.8. The standard InChI is InChI=1S/C24H25N3O5S/c1-3-26(4-2)33(30,31)18-12-13-22-21(14-18)27(24(29)16-32-22)15-23(28)25-20-11-7-9-17-8-5-6-10-19(17)20/h5-14H,3-4,15-16H2,1-2H3,(H,25,28). The van der Waals surface area contributed by atoms with Gasteiger partial charge in [0.25, 0.3) is 5.91 Å². The van der Waals surface area contributed by atoms with Crippen molar-refractivity contribution in [3.63, 3.8) is 0 Å². The van der Waals surface area contributed by atoms with Gasteiger partial charge in [0.15, 0.2) is 6.61 Å². The normalized spacial score (nSPS) is 13.7. The van der Waals surface area contributed by atoms with Gasteiger partial charge in [-0.1, -0.05) is 50.2 Å². The van der Waals surface area contributed by atoms with Gasteiger partial charge in [-0.05, 0) is 29.7 Å². The predicted octanol–water partition coefficient (Wildman–Crippen LogP) is 3.23. The number of rotatable bonds is 7. The number of sulfonamides is 1. The fourth-order valence-corrected chi connectivity index (χ4v) is 5.37. The molecule has 0 radical (unpaired) electrons. The number of anilines is 2. The van der Waals surface area contributed by atoms with Gasteiger partial charge in [0.05, 0.1) is 10.6 Å². The average Bonchev–Trinajstić information content (AvgIpc) is 2.81. The Kier molecular flexibility index (Phi) is 6.35. The molecule has 0 saturated heterocycles. The summed E-state index contributed by atoms with van der Waals surface area (Å²) in [5.74, 6) is -0.469. The minimum absolute atomic E-state index is 0.0442. The molecule has 0 aromatic heterocycles. The van der Waals surface area contributed by atoms with Gasteiger partial charge < -0.3 is 10.1 Å². The van der Waals surface area contributed by atoms with Gasteiger partial charge in [-0.15, -0.1) is 0 Å². The van der Waals surface area contributed by atoms with Crippen molar-refractivity contribution >= 4 is 44.0 Å². The summed E-state index contributed by atoms with van der Waals surface area (Å²) in [5.41, 5.74) is 0.893. The van der Waals surface area contributed by atoms with Gasteiger partial charge in [0.1, 0.15) is 12.3 Å². The van der Waals surface area contributed by atoms with E-state index >= 15 is 0 Å². The van der Waals surface area contributed by atoms with Crippen molar-refractivity contribution in [1.82, 2.24) is 4.31 Å². The summed E-state index contributed by atoms with van der Waals surface area (Å²) in [6.07, 6.45) is 0.